The van der Waals surface area contributed by atoms with Crippen LogP contribution in [0.2, 0.25) is 0 Å². The normalized spacial score (nSPS) is 22.1. The van der Waals surface area contributed by atoms with Gasteiger partial charge in [-0.15, -0.1) is 6.58 Å². The van der Waals surface area contributed by atoms with Gasteiger partial charge in [-0.05, 0) is 36.2 Å². The predicted octanol–water partition coefficient (Wildman–Crippen LogP) is 3.01. The maximum Gasteiger partial charge on any atom is 0.237 e. The first-order chi connectivity index (χ1) is 11.3. The lowest BCUT2D eigenvalue weighted by molar-refractivity contribution is -0.157. The molecule has 1 aromatic heterocycles. The van der Waals surface area contributed by atoms with Crippen LogP contribution in [0.1, 0.15) is 38.1 Å². The zero-order valence-electron chi connectivity index (χ0n) is 14.3. The SMILES string of the molecule is C=CCC1C(=O)C(C)(C)C(OCOC)c2c(OC)c(=O)c(Br)cn21. The van der Waals surface area contributed by atoms with E-state index in [1.807, 2.05) is 0 Å². The van der Waals surface area contributed by atoms with Gasteiger partial charge in [0, 0.05) is 13.3 Å². The molecule has 0 radical (unpaired) electrons. The maximum atomic E-state index is 13.0. The lowest BCUT2D eigenvalue weighted by Crippen LogP contribution is -2.46. The molecule has 2 heterocycles. The van der Waals surface area contributed by atoms with Crippen LogP contribution < -0.4 is 10.2 Å². The Kier molecular flexibility index (Phi) is 5.67. The molecule has 24 heavy (non-hydrogen) atoms. The van der Waals surface area contributed by atoms with Gasteiger partial charge in [0.15, 0.2) is 11.5 Å². The lowest BCUT2D eigenvalue weighted by atomic mass is 9.73. The first-order valence-corrected chi connectivity index (χ1v) is 8.34. The second-order valence-electron chi connectivity index (χ2n) is 6.21. The Balaban J connectivity index is 2.79. The van der Waals surface area contributed by atoms with E-state index in [4.69, 9.17) is 14.2 Å². The van der Waals surface area contributed by atoms with Crippen molar-refractivity contribution in [3.05, 3.63) is 39.2 Å². The molecule has 0 aliphatic carbocycles. The van der Waals surface area contributed by atoms with Gasteiger partial charge in [-0.25, -0.2) is 0 Å². The molecule has 0 bridgehead atoms. The van der Waals surface area contributed by atoms with Crippen LogP contribution in [0.3, 0.4) is 0 Å². The summed E-state index contributed by atoms with van der Waals surface area (Å²) in [7, 11) is 2.94. The van der Waals surface area contributed by atoms with Crippen molar-refractivity contribution in [3.8, 4) is 5.75 Å². The van der Waals surface area contributed by atoms with Gasteiger partial charge in [-0.3, -0.25) is 9.59 Å². The van der Waals surface area contributed by atoms with Crippen LogP contribution in [0.4, 0.5) is 0 Å². The summed E-state index contributed by atoms with van der Waals surface area (Å²) >= 11 is 3.25. The van der Waals surface area contributed by atoms with Gasteiger partial charge in [0.05, 0.1) is 28.7 Å². The molecule has 6 nitrogen and oxygen atoms in total. The number of aromatic nitrogens is 1. The maximum absolute atomic E-state index is 13.0. The van der Waals surface area contributed by atoms with E-state index in [1.165, 1.54) is 14.2 Å². The fourth-order valence-electron chi connectivity index (χ4n) is 3.13. The first-order valence-electron chi connectivity index (χ1n) is 7.55. The monoisotopic (exact) mass is 399 g/mol. The molecule has 1 aromatic rings. The summed E-state index contributed by atoms with van der Waals surface area (Å²) in [5.41, 5.74) is -0.587. The molecule has 0 saturated carbocycles. The van der Waals surface area contributed by atoms with E-state index < -0.39 is 17.6 Å². The van der Waals surface area contributed by atoms with Crippen LogP contribution in [0.5, 0.6) is 5.75 Å². The van der Waals surface area contributed by atoms with Crippen LogP contribution in [-0.4, -0.2) is 31.4 Å². The average molecular weight is 400 g/mol. The minimum absolute atomic E-state index is 0.000903. The van der Waals surface area contributed by atoms with E-state index in [0.717, 1.165) is 0 Å². The Morgan fingerprint density at radius 3 is 2.58 bits per heavy atom. The van der Waals surface area contributed by atoms with Crippen molar-refractivity contribution in [3.63, 3.8) is 0 Å². The zero-order valence-corrected chi connectivity index (χ0v) is 15.9. The largest absolute Gasteiger partial charge is 0.491 e. The Hall–Kier alpha value is -1.44. The Morgan fingerprint density at radius 1 is 1.38 bits per heavy atom. The molecule has 1 aliphatic rings. The molecular weight excluding hydrogens is 378 g/mol. The molecule has 0 amide bonds. The highest BCUT2D eigenvalue weighted by Gasteiger charge is 2.49. The lowest BCUT2D eigenvalue weighted by Gasteiger charge is -2.43. The number of carbonyl (C=O) groups is 1. The summed E-state index contributed by atoms with van der Waals surface area (Å²) in [6.07, 6.45) is 3.09. The number of fused-ring (bicyclic) bond motifs is 1. The van der Waals surface area contributed by atoms with Crippen molar-refractivity contribution in [2.24, 2.45) is 5.41 Å². The topological polar surface area (TPSA) is 66.8 Å². The van der Waals surface area contributed by atoms with Crippen molar-refractivity contribution in [2.75, 3.05) is 21.0 Å². The molecule has 2 atom stereocenters. The fourth-order valence-corrected chi connectivity index (χ4v) is 3.53. The highest BCUT2D eigenvalue weighted by atomic mass is 79.9. The summed E-state index contributed by atoms with van der Waals surface area (Å²) in [4.78, 5) is 25.5. The molecule has 0 aromatic carbocycles. The van der Waals surface area contributed by atoms with E-state index in [9.17, 15) is 9.59 Å². The second-order valence-corrected chi connectivity index (χ2v) is 7.07. The molecule has 2 unspecified atom stereocenters. The molecular formula is C17H22BrNO5. The van der Waals surface area contributed by atoms with Crippen LogP contribution >= 0.6 is 15.9 Å². The number of Topliss-reactive ketones (excluding diaryl/α,β-unsaturated/α-hetero) is 1. The predicted molar refractivity (Wildman–Crippen MR) is 93.3 cm³/mol. The number of hydrogen-bond acceptors (Lipinski definition) is 5. The van der Waals surface area contributed by atoms with Gasteiger partial charge < -0.3 is 18.8 Å². The Bertz CT molecular complexity index is 710. The van der Waals surface area contributed by atoms with Gasteiger partial charge in [0.1, 0.15) is 12.9 Å². The summed E-state index contributed by atoms with van der Waals surface area (Å²) in [6.45, 7) is 7.35. The average Bonchev–Trinajstić information content (AvgIpc) is 2.54. The molecule has 0 fully saturated rings. The molecule has 1 aliphatic heterocycles. The standard InChI is InChI=1S/C17H22BrNO5/c1-6-7-11-15(21)17(2,3)16(24-9-22-4)12-14(23-5)13(20)10(18)8-19(11)12/h6,8,11,16H,1,7,9H2,2-5H3. The van der Waals surface area contributed by atoms with Crippen LogP contribution in [0, 0.1) is 5.41 Å². The Labute approximate surface area is 149 Å². The van der Waals surface area contributed by atoms with Gasteiger partial charge in [0.2, 0.25) is 5.43 Å². The van der Waals surface area contributed by atoms with Crippen molar-refractivity contribution >= 4 is 21.7 Å². The molecule has 0 N–H and O–H groups in total. The summed E-state index contributed by atoms with van der Waals surface area (Å²) in [5.74, 6) is 0.175. The smallest absolute Gasteiger partial charge is 0.237 e. The quantitative estimate of drug-likeness (QED) is 0.543. The number of methoxy groups -OCH3 is 2. The number of rotatable bonds is 6. The molecule has 0 spiro atoms. The number of hydrogen-bond donors (Lipinski definition) is 0. The van der Waals surface area contributed by atoms with Crippen molar-refractivity contribution < 1.29 is 19.0 Å². The third-order valence-electron chi connectivity index (χ3n) is 4.31. The van der Waals surface area contributed by atoms with Crippen molar-refractivity contribution in [2.45, 2.75) is 32.4 Å². The molecule has 7 heteroatoms. The van der Waals surface area contributed by atoms with Gasteiger partial charge in [-0.2, -0.15) is 0 Å². The molecule has 132 valence electrons. The number of allylic oxidation sites excluding steroid dienone is 1. The van der Waals surface area contributed by atoms with Gasteiger partial charge in [0.25, 0.3) is 0 Å². The summed E-state index contributed by atoms with van der Waals surface area (Å²) < 4.78 is 18.2. The minimum Gasteiger partial charge on any atom is -0.491 e. The number of ether oxygens (including phenoxy) is 3. The van der Waals surface area contributed by atoms with E-state index >= 15 is 0 Å². The van der Waals surface area contributed by atoms with E-state index in [1.54, 1.807) is 30.7 Å². The fraction of sp³-hybridized carbons (Fsp3) is 0.529. The Morgan fingerprint density at radius 2 is 2.04 bits per heavy atom. The highest BCUT2D eigenvalue weighted by molar-refractivity contribution is 9.10. The number of ketones is 1. The van der Waals surface area contributed by atoms with E-state index in [0.29, 0.717) is 16.6 Å². The van der Waals surface area contributed by atoms with Crippen LogP contribution in [-0.2, 0) is 14.3 Å². The van der Waals surface area contributed by atoms with E-state index in [2.05, 4.69) is 22.5 Å². The van der Waals surface area contributed by atoms with Gasteiger partial charge in [-0.1, -0.05) is 6.08 Å². The van der Waals surface area contributed by atoms with Crippen LogP contribution in [0.25, 0.3) is 0 Å². The molecule has 2 rings (SSSR count). The van der Waals surface area contributed by atoms with E-state index in [-0.39, 0.29) is 23.8 Å². The van der Waals surface area contributed by atoms with Gasteiger partial charge >= 0.3 is 0 Å². The third kappa shape index (κ3) is 2.96. The number of halogens is 1. The number of nitrogens with zero attached hydrogens (tertiary/aromatic N) is 1. The van der Waals surface area contributed by atoms with Crippen LogP contribution in [0.15, 0.2) is 28.1 Å². The molecule has 0 saturated heterocycles. The van der Waals surface area contributed by atoms with Crippen molar-refractivity contribution in [1.82, 2.24) is 4.57 Å². The number of pyridine rings is 1. The zero-order chi connectivity index (χ0) is 18.1. The highest BCUT2D eigenvalue weighted by Crippen LogP contribution is 2.48. The first kappa shape index (κ1) is 18.9. The number of carbonyl (C=O) groups excluding carboxylic acids is 1. The minimum atomic E-state index is -0.847. The summed E-state index contributed by atoms with van der Waals surface area (Å²) in [5, 5.41) is 0. The second kappa shape index (κ2) is 7.21. The summed E-state index contributed by atoms with van der Waals surface area (Å²) in [6, 6.07) is -0.472. The third-order valence-corrected chi connectivity index (χ3v) is 4.88. The van der Waals surface area contributed by atoms with Crippen molar-refractivity contribution in [1.29, 1.82) is 0 Å².